The van der Waals surface area contributed by atoms with Gasteiger partial charge in [0.25, 0.3) is 5.91 Å². The molecule has 0 aromatic heterocycles. The zero-order chi connectivity index (χ0) is 25.4. The zero-order valence-electron chi connectivity index (χ0n) is 19.4. The molecule has 3 aromatic rings. The number of Topliss-reactive ketones (excluding diaryl/α,β-unsaturated/α-hetero) is 1. The highest BCUT2D eigenvalue weighted by molar-refractivity contribution is 6.30. The van der Waals surface area contributed by atoms with Crippen LogP contribution in [0.4, 0.5) is 14.5 Å². The largest absolute Gasteiger partial charge is 0.362 e. The normalized spacial score (nSPS) is 19.6. The van der Waals surface area contributed by atoms with Crippen molar-refractivity contribution in [3.63, 3.8) is 0 Å². The molecule has 4 nitrogen and oxygen atoms in total. The van der Waals surface area contributed by atoms with Crippen LogP contribution in [0.3, 0.4) is 0 Å². The van der Waals surface area contributed by atoms with Crippen LogP contribution in [-0.2, 0) is 9.59 Å². The molecule has 2 atom stereocenters. The van der Waals surface area contributed by atoms with Gasteiger partial charge in [0.15, 0.2) is 5.78 Å². The number of carbonyl (C=O) groups excluding carboxylic acids is 2. The molecule has 1 aliphatic heterocycles. The predicted molar refractivity (Wildman–Crippen MR) is 135 cm³/mol. The molecule has 36 heavy (non-hydrogen) atoms. The van der Waals surface area contributed by atoms with Gasteiger partial charge in [-0.1, -0.05) is 60.1 Å². The monoisotopic (exact) mass is 504 g/mol. The fraction of sp³-hybridized carbons (Fsp3) is 0.172. The highest BCUT2D eigenvalue weighted by Gasteiger charge is 2.41. The molecule has 1 aliphatic carbocycles. The van der Waals surface area contributed by atoms with Crippen LogP contribution >= 0.6 is 11.6 Å². The lowest BCUT2D eigenvalue weighted by molar-refractivity contribution is -0.116. The number of amides is 1. The Labute approximate surface area is 212 Å². The van der Waals surface area contributed by atoms with Crippen molar-refractivity contribution < 1.29 is 18.4 Å². The maximum atomic E-state index is 14.3. The number of dihydropyridines is 1. The molecule has 0 fully saturated rings. The third-order valence-corrected chi connectivity index (χ3v) is 7.00. The molecule has 2 N–H and O–H groups in total. The van der Waals surface area contributed by atoms with Crippen LogP contribution < -0.4 is 10.6 Å². The van der Waals surface area contributed by atoms with E-state index >= 15 is 0 Å². The van der Waals surface area contributed by atoms with E-state index in [1.807, 2.05) is 30.3 Å². The minimum atomic E-state index is -0.882. The van der Waals surface area contributed by atoms with Gasteiger partial charge in [-0.2, -0.15) is 0 Å². The first-order valence-corrected chi connectivity index (χ1v) is 12.0. The minimum absolute atomic E-state index is 0.00602. The van der Waals surface area contributed by atoms with E-state index < -0.39 is 29.1 Å². The summed E-state index contributed by atoms with van der Waals surface area (Å²) in [6.07, 6.45) is 0.897. The fourth-order valence-corrected chi connectivity index (χ4v) is 5.21. The lowest BCUT2D eigenvalue weighted by Crippen LogP contribution is -2.37. The van der Waals surface area contributed by atoms with E-state index in [1.165, 1.54) is 6.07 Å². The summed E-state index contributed by atoms with van der Waals surface area (Å²) in [5, 5.41) is 6.17. The van der Waals surface area contributed by atoms with Gasteiger partial charge in [-0.05, 0) is 54.7 Å². The number of halogens is 3. The second kappa shape index (κ2) is 9.70. The van der Waals surface area contributed by atoms with E-state index in [2.05, 4.69) is 10.6 Å². The maximum Gasteiger partial charge on any atom is 0.254 e. The first-order chi connectivity index (χ1) is 17.3. The summed E-state index contributed by atoms with van der Waals surface area (Å²) >= 11 is 6.11. The van der Waals surface area contributed by atoms with Crippen molar-refractivity contribution in [2.45, 2.75) is 31.6 Å². The Morgan fingerprint density at radius 1 is 0.917 bits per heavy atom. The van der Waals surface area contributed by atoms with Gasteiger partial charge in [-0.15, -0.1) is 0 Å². The summed E-state index contributed by atoms with van der Waals surface area (Å²) in [4.78, 5) is 27.1. The van der Waals surface area contributed by atoms with Gasteiger partial charge in [-0.25, -0.2) is 8.78 Å². The van der Waals surface area contributed by atoms with Crippen molar-refractivity contribution >= 4 is 29.0 Å². The number of rotatable bonds is 4. The quantitative estimate of drug-likeness (QED) is 0.420. The van der Waals surface area contributed by atoms with Gasteiger partial charge in [0.05, 0.1) is 0 Å². The van der Waals surface area contributed by atoms with Gasteiger partial charge < -0.3 is 10.6 Å². The Bertz CT molecular complexity index is 1390. The summed E-state index contributed by atoms with van der Waals surface area (Å²) in [5.41, 5.74) is 3.23. The van der Waals surface area contributed by atoms with Crippen molar-refractivity contribution in [3.8, 4) is 0 Å². The van der Waals surface area contributed by atoms with Crippen molar-refractivity contribution in [1.29, 1.82) is 0 Å². The molecular weight excluding hydrogens is 482 g/mol. The number of nitrogens with one attached hydrogen (secondary N) is 2. The number of hydrogen-bond acceptors (Lipinski definition) is 3. The van der Waals surface area contributed by atoms with E-state index in [9.17, 15) is 18.4 Å². The molecule has 5 rings (SSSR count). The Kier molecular flexibility index (Phi) is 6.46. The van der Waals surface area contributed by atoms with Crippen LogP contribution in [0.25, 0.3) is 0 Å². The summed E-state index contributed by atoms with van der Waals surface area (Å²) in [6, 6.07) is 20.1. The van der Waals surface area contributed by atoms with Crippen LogP contribution in [-0.4, -0.2) is 11.7 Å². The van der Waals surface area contributed by atoms with Crippen LogP contribution in [0.15, 0.2) is 95.3 Å². The molecule has 0 saturated heterocycles. The van der Waals surface area contributed by atoms with Crippen molar-refractivity contribution in [1.82, 2.24) is 5.32 Å². The van der Waals surface area contributed by atoms with Crippen LogP contribution in [0.5, 0.6) is 0 Å². The number of carbonyl (C=O) groups is 2. The summed E-state index contributed by atoms with van der Waals surface area (Å²) in [7, 11) is 0. The van der Waals surface area contributed by atoms with Crippen LogP contribution in [0.2, 0.25) is 5.02 Å². The predicted octanol–water partition coefficient (Wildman–Crippen LogP) is 6.62. The second-order valence-electron chi connectivity index (χ2n) is 9.03. The lowest BCUT2D eigenvalue weighted by atomic mass is 9.71. The molecule has 182 valence electrons. The number of allylic oxidation sites excluding steroid dienone is 3. The van der Waals surface area contributed by atoms with Gasteiger partial charge in [0, 0.05) is 39.9 Å². The Balaban J connectivity index is 1.58. The summed E-state index contributed by atoms with van der Waals surface area (Å²) < 4.78 is 28.6. The molecule has 3 aromatic carbocycles. The highest BCUT2D eigenvalue weighted by atomic mass is 35.5. The molecule has 0 saturated carbocycles. The number of benzene rings is 3. The molecule has 0 bridgehead atoms. The Hall–Kier alpha value is -3.77. The Morgan fingerprint density at radius 3 is 2.25 bits per heavy atom. The van der Waals surface area contributed by atoms with E-state index in [-0.39, 0.29) is 17.3 Å². The first-order valence-electron chi connectivity index (χ1n) is 11.6. The van der Waals surface area contributed by atoms with Crippen molar-refractivity contribution in [2.24, 2.45) is 0 Å². The highest BCUT2D eigenvalue weighted by Crippen LogP contribution is 2.45. The molecule has 1 amide bonds. The smallest absolute Gasteiger partial charge is 0.254 e. The van der Waals surface area contributed by atoms with Crippen molar-refractivity contribution in [2.75, 3.05) is 5.32 Å². The van der Waals surface area contributed by atoms with Gasteiger partial charge in [-0.3, -0.25) is 9.59 Å². The molecule has 1 heterocycles. The number of para-hydroxylation sites is 1. The van der Waals surface area contributed by atoms with E-state index in [0.29, 0.717) is 34.7 Å². The summed E-state index contributed by atoms with van der Waals surface area (Å²) in [5.74, 6) is -3.23. The number of ketones is 1. The standard InChI is InChI=1S/C29H23ClF2N2O2/c1-16-25(29(36)34-28-21(31)8-5-9-22(28)32)26(18-10-12-20(30)13-11-18)27-23(33-16)14-19(15-24(27)35)17-6-3-2-4-7-17/h2-13,19,26,33H,14-15H2,1H3,(H,34,36). The van der Waals surface area contributed by atoms with Crippen LogP contribution in [0.1, 0.15) is 42.7 Å². The van der Waals surface area contributed by atoms with E-state index in [1.54, 1.807) is 31.2 Å². The molecule has 0 radical (unpaired) electrons. The van der Waals surface area contributed by atoms with E-state index in [4.69, 9.17) is 11.6 Å². The topological polar surface area (TPSA) is 58.2 Å². The molecule has 7 heteroatoms. The van der Waals surface area contributed by atoms with Gasteiger partial charge in [0.2, 0.25) is 0 Å². The zero-order valence-corrected chi connectivity index (χ0v) is 20.2. The average molecular weight is 505 g/mol. The summed E-state index contributed by atoms with van der Waals surface area (Å²) in [6.45, 7) is 1.73. The third kappa shape index (κ3) is 4.44. The second-order valence-corrected chi connectivity index (χ2v) is 9.47. The van der Waals surface area contributed by atoms with Crippen LogP contribution in [0, 0.1) is 11.6 Å². The number of anilines is 1. The molecular formula is C29H23ClF2N2O2. The Morgan fingerprint density at radius 2 is 1.58 bits per heavy atom. The minimum Gasteiger partial charge on any atom is -0.362 e. The molecule has 2 unspecified atom stereocenters. The molecule has 0 spiro atoms. The van der Waals surface area contributed by atoms with Gasteiger partial charge in [0.1, 0.15) is 17.3 Å². The molecule has 2 aliphatic rings. The fourth-order valence-electron chi connectivity index (χ4n) is 5.09. The average Bonchev–Trinajstić information content (AvgIpc) is 2.86. The lowest BCUT2D eigenvalue weighted by Gasteiger charge is -2.37. The number of hydrogen-bond donors (Lipinski definition) is 2. The van der Waals surface area contributed by atoms with E-state index in [0.717, 1.165) is 23.4 Å². The van der Waals surface area contributed by atoms with Gasteiger partial charge >= 0.3 is 0 Å². The SMILES string of the molecule is CC1=C(C(=O)Nc2c(F)cccc2F)C(c2ccc(Cl)cc2)C2=C(CC(c3ccccc3)CC2=O)N1. The maximum absolute atomic E-state index is 14.3. The first kappa shape index (κ1) is 23.9. The van der Waals surface area contributed by atoms with Crippen molar-refractivity contribution in [3.05, 3.63) is 123 Å². The third-order valence-electron chi connectivity index (χ3n) is 6.75.